The zero-order chi connectivity index (χ0) is 37.5. The Kier molecular flexibility index (Phi) is 12.7. The summed E-state index contributed by atoms with van der Waals surface area (Å²) in [5, 5.41) is 15.8. The van der Waals surface area contributed by atoms with Gasteiger partial charge < -0.3 is 30.0 Å². The lowest BCUT2D eigenvalue weighted by atomic mass is 9.75. The molecule has 6 rings (SSSR count). The normalized spacial score (nSPS) is 26.2. The Morgan fingerprint density at radius 2 is 1.66 bits per heavy atom. The predicted molar refractivity (Wildman–Crippen MR) is 207 cm³/mol. The first-order valence-corrected chi connectivity index (χ1v) is 19.3. The van der Waals surface area contributed by atoms with Gasteiger partial charge >= 0.3 is 6.09 Å². The number of benzene rings is 3. The Hall–Kier alpha value is -4.02. The summed E-state index contributed by atoms with van der Waals surface area (Å²) in [6.45, 7) is 13.0. The van der Waals surface area contributed by atoms with Gasteiger partial charge in [-0.25, -0.2) is 4.79 Å². The smallest absolute Gasteiger partial charge is 0.407 e. The molecule has 1 aliphatic carbocycles. The number of ether oxygens (including phenoxy) is 3. The minimum Gasteiger partial charge on any atom is -0.445 e. The second kappa shape index (κ2) is 17.4. The molecular formula is C44H57N3O6. The van der Waals surface area contributed by atoms with Crippen molar-refractivity contribution >= 4 is 12.0 Å². The maximum Gasteiger partial charge on any atom is 0.407 e. The van der Waals surface area contributed by atoms with Gasteiger partial charge in [0, 0.05) is 36.2 Å². The molecule has 2 heterocycles. The summed E-state index contributed by atoms with van der Waals surface area (Å²) in [4.78, 5) is 28.5. The molecule has 2 saturated heterocycles. The lowest BCUT2D eigenvalue weighted by molar-refractivity contribution is -0.278. The van der Waals surface area contributed by atoms with Crippen molar-refractivity contribution in [3.8, 4) is 11.1 Å². The molecule has 3 fully saturated rings. The highest BCUT2D eigenvalue weighted by Crippen LogP contribution is 2.44. The van der Waals surface area contributed by atoms with Gasteiger partial charge in [-0.05, 0) is 80.2 Å². The highest BCUT2D eigenvalue weighted by molar-refractivity contribution is 5.82. The first-order valence-electron chi connectivity index (χ1n) is 19.3. The van der Waals surface area contributed by atoms with Crippen molar-refractivity contribution in [3.05, 3.63) is 108 Å². The summed E-state index contributed by atoms with van der Waals surface area (Å²) in [5.74, 6) is 0.700. The molecule has 2 amide bonds. The summed E-state index contributed by atoms with van der Waals surface area (Å²) in [6, 6.07) is 24.4. The number of hydrogen-bond donors (Lipinski definition) is 3. The Morgan fingerprint density at radius 1 is 0.943 bits per heavy atom. The zero-order valence-corrected chi connectivity index (χ0v) is 31.8. The number of nitrogens with zero attached hydrogens (tertiary/aromatic N) is 1. The third-order valence-electron chi connectivity index (χ3n) is 11.1. The molecule has 284 valence electrons. The number of rotatable bonds is 11. The standard InChI is InChI=1S/C44H57N3O6/c1-6-25-51-43(50)45-26-35-12-7-9-13-36(35)31-19-21-34(22-20-31)42-52-39(29(2)40(53-42)33-17-15-30(28-48)16-18-33)27-47-37-14-10-8-11-32(37)23-24-38(47)41(49)46-44(3,4)5/h6-7,9,12-13,15-22,29,32,37-40,42,48H,1,8,10-11,14,23-28H2,2-5H3,(H,45,50)(H,46,49). The Morgan fingerprint density at radius 3 is 2.38 bits per heavy atom. The number of piperidine rings is 1. The number of alkyl carbamates (subject to hydrolysis) is 1. The van der Waals surface area contributed by atoms with E-state index in [-0.39, 0.29) is 48.8 Å². The van der Waals surface area contributed by atoms with Crippen LogP contribution in [0.15, 0.2) is 85.5 Å². The molecule has 1 saturated carbocycles. The summed E-state index contributed by atoms with van der Waals surface area (Å²) >= 11 is 0. The molecule has 7 unspecified atom stereocenters. The van der Waals surface area contributed by atoms with Crippen molar-refractivity contribution in [3.63, 3.8) is 0 Å². The fourth-order valence-electron chi connectivity index (χ4n) is 8.39. The maximum atomic E-state index is 13.9. The number of carbonyl (C=O) groups excluding carboxylic acids is 2. The highest BCUT2D eigenvalue weighted by Gasteiger charge is 2.46. The van der Waals surface area contributed by atoms with Gasteiger partial charge in [0.25, 0.3) is 0 Å². The topological polar surface area (TPSA) is 109 Å². The molecule has 7 atom stereocenters. The van der Waals surface area contributed by atoms with Crippen molar-refractivity contribution < 1.29 is 28.9 Å². The van der Waals surface area contributed by atoms with Crippen molar-refractivity contribution in [2.45, 2.75) is 115 Å². The van der Waals surface area contributed by atoms with Crippen LogP contribution in [0, 0.1) is 11.8 Å². The largest absolute Gasteiger partial charge is 0.445 e. The molecule has 2 aliphatic heterocycles. The van der Waals surface area contributed by atoms with Gasteiger partial charge in [-0.2, -0.15) is 0 Å². The van der Waals surface area contributed by atoms with E-state index in [4.69, 9.17) is 14.2 Å². The molecule has 9 heteroatoms. The molecule has 0 bridgehead atoms. The Bertz CT molecular complexity index is 1690. The summed E-state index contributed by atoms with van der Waals surface area (Å²) in [7, 11) is 0. The average Bonchev–Trinajstić information content (AvgIpc) is 3.16. The molecule has 3 aromatic carbocycles. The molecule has 9 nitrogen and oxygen atoms in total. The lowest BCUT2D eigenvalue weighted by Crippen LogP contribution is -2.61. The van der Waals surface area contributed by atoms with Gasteiger partial charge in [0.05, 0.1) is 24.9 Å². The van der Waals surface area contributed by atoms with Crippen molar-refractivity contribution in [2.24, 2.45) is 11.8 Å². The van der Waals surface area contributed by atoms with Gasteiger partial charge in [0.2, 0.25) is 5.91 Å². The van der Waals surface area contributed by atoms with E-state index >= 15 is 0 Å². The monoisotopic (exact) mass is 723 g/mol. The summed E-state index contributed by atoms with van der Waals surface area (Å²) < 4.78 is 18.9. The van der Waals surface area contributed by atoms with Crippen molar-refractivity contribution in [1.82, 2.24) is 15.5 Å². The van der Waals surface area contributed by atoms with Crippen LogP contribution in [0.1, 0.15) is 101 Å². The van der Waals surface area contributed by atoms with Crippen molar-refractivity contribution in [1.29, 1.82) is 0 Å². The summed E-state index contributed by atoms with van der Waals surface area (Å²) in [5.41, 5.74) is 5.46. The lowest BCUT2D eigenvalue weighted by Gasteiger charge is -2.51. The van der Waals surface area contributed by atoms with Crippen LogP contribution in [-0.4, -0.2) is 58.9 Å². The Balaban J connectivity index is 1.27. The fourth-order valence-corrected chi connectivity index (χ4v) is 8.39. The van der Waals surface area contributed by atoms with E-state index in [0.29, 0.717) is 25.0 Å². The zero-order valence-electron chi connectivity index (χ0n) is 31.8. The molecular weight excluding hydrogens is 666 g/mol. The second-order valence-electron chi connectivity index (χ2n) is 16.0. The number of nitrogens with one attached hydrogen (secondary N) is 2. The van der Waals surface area contributed by atoms with E-state index in [1.54, 1.807) is 0 Å². The van der Waals surface area contributed by atoms with E-state index in [9.17, 15) is 14.7 Å². The molecule has 3 aromatic rings. The number of amides is 2. The maximum absolute atomic E-state index is 13.9. The number of carbonyl (C=O) groups is 2. The van der Waals surface area contributed by atoms with Gasteiger partial charge in [0.1, 0.15) is 6.61 Å². The van der Waals surface area contributed by atoms with Gasteiger partial charge in [0.15, 0.2) is 6.29 Å². The number of hydrogen-bond acceptors (Lipinski definition) is 7. The highest BCUT2D eigenvalue weighted by atomic mass is 16.7. The van der Waals surface area contributed by atoms with E-state index in [1.165, 1.54) is 25.3 Å². The van der Waals surface area contributed by atoms with Crippen LogP contribution in [0.5, 0.6) is 0 Å². The first-order chi connectivity index (χ1) is 25.5. The Labute approximate surface area is 315 Å². The first kappa shape index (κ1) is 38.7. The fraction of sp³-hybridized carbons (Fsp3) is 0.500. The van der Waals surface area contributed by atoms with E-state index in [2.05, 4.69) is 53.3 Å². The number of fused-ring (bicyclic) bond motifs is 1. The summed E-state index contributed by atoms with van der Waals surface area (Å²) in [6.07, 6.45) is 6.66. The van der Waals surface area contributed by atoms with E-state index in [1.807, 2.05) is 69.3 Å². The number of likely N-dealkylation sites (tertiary alicyclic amines) is 1. The second-order valence-corrected chi connectivity index (χ2v) is 16.0. The molecule has 0 aromatic heterocycles. The van der Waals surface area contributed by atoms with Crippen LogP contribution >= 0.6 is 0 Å². The van der Waals surface area contributed by atoms with Crippen LogP contribution in [-0.2, 0) is 32.2 Å². The van der Waals surface area contributed by atoms with Crippen molar-refractivity contribution in [2.75, 3.05) is 13.2 Å². The quantitative estimate of drug-likeness (QED) is 0.172. The minimum absolute atomic E-state index is 0.00154. The number of aliphatic hydroxyl groups excluding tert-OH is 1. The molecule has 53 heavy (non-hydrogen) atoms. The van der Waals surface area contributed by atoms with E-state index < -0.39 is 12.4 Å². The van der Waals surface area contributed by atoms with Crippen LogP contribution < -0.4 is 10.6 Å². The molecule has 0 spiro atoms. The van der Waals surface area contributed by atoms with Crippen LogP contribution in [0.2, 0.25) is 0 Å². The SMILES string of the molecule is C=CCOC(=O)NCc1ccccc1-c1ccc(C2OC(CN3C(C(=O)NC(C)(C)C)CCC4CCCCC43)C(C)C(c3ccc(CO)cc3)O2)cc1. The third kappa shape index (κ3) is 9.57. The van der Waals surface area contributed by atoms with Gasteiger partial charge in [-0.1, -0.05) is 105 Å². The molecule has 0 radical (unpaired) electrons. The average molecular weight is 724 g/mol. The van der Waals surface area contributed by atoms with Gasteiger partial charge in [-0.15, -0.1) is 0 Å². The van der Waals surface area contributed by atoms with Crippen LogP contribution in [0.3, 0.4) is 0 Å². The predicted octanol–water partition coefficient (Wildman–Crippen LogP) is 7.99. The minimum atomic E-state index is -0.627. The van der Waals surface area contributed by atoms with Gasteiger partial charge in [-0.3, -0.25) is 9.69 Å². The van der Waals surface area contributed by atoms with Crippen LogP contribution in [0.25, 0.3) is 11.1 Å². The third-order valence-corrected chi connectivity index (χ3v) is 11.1. The molecule has 3 N–H and O–H groups in total. The number of aliphatic hydroxyl groups is 1. The van der Waals surface area contributed by atoms with E-state index in [0.717, 1.165) is 52.6 Å². The van der Waals surface area contributed by atoms with Crippen LogP contribution in [0.4, 0.5) is 4.79 Å². The molecule has 3 aliphatic rings.